The summed E-state index contributed by atoms with van der Waals surface area (Å²) < 4.78 is 15.7. The highest BCUT2D eigenvalue weighted by molar-refractivity contribution is 5.97. The summed E-state index contributed by atoms with van der Waals surface area (Å²) in [6.07, 6.45) is 3.84. The van der Waals surface area contributed by atoms with Crippen molar-refractivity contribution >= 4 is 11.9 Å². The number of ether oxygens (including phenoxy) is 3. The molecule has 148 valence electrons. The van der Waals surface area contributed by atoms with Gasteiger partial charge in [-0.1, -0.05) is 25.0 Å². The van der Waals surface area contributed by atoms with E-state index in [0.29, 0.717) is 11.3 Å². The molecule has 0 aromatic heterocycles. The number of carbonyl (C=O) groups is 2. The van der Waals surface area contributed by atoms with Gasteiger partial charge in [0.25, 0.3) is 0 Å². The standard InChI is InChI=1S/C20H23N3O5/c1-26-14-9-5-8-12-15(16(18(22)27-2)20(25)28-17(12)14)13(10-21)19(24)23-11-6-3-4-7-11/h5,8-9,11,13,15H,3-4,6-7,22H2,1-2H3,(H,23,24)/b18-16+. The molecule has 0 spiro atoms. The normalized spacial score (nSPS) is 21.8. The van der Waals surface area contributed by atoms with Crippen LogP contribution in [-0.4, -0.2) is 32.1 Å². The molecule has 1 fully saturated rings. The molecule has 2 atom stereocenters. The van der Waals surface area contributed by atoms with Crippen LogP contribution in [0.1, 0.15) is 37.2 Å². The number of fused-ring (bicyclic) bond motifs is 1. The lowest BCUT2D eigenvalue weighted by Gasteiger charge is -2.31. The smallest absolute Gasteiger partial charge is 0.345 e. The van der Waals surface area contributed by atoms with Crippen LogP contribution in [0.15, 0.2) is 29.7 Å². The highest BCUT2D eigenvalue weighted by Gasteiger charge is 2.44. The zero-order valence-corrected chi connectivity index (χ0v) is 15.9. The van der Waals surface area contributed by atoms with Crippen LogP contribution in [0.3, 0.4) is 0 Å². The van der Waals surface area contributed by atoms with Crippen molar-refractivity contribution in [1.29, 1.82) is 5.26 Å². The molecule has 1 aromatic carbocycles. The van der Waals surface area contributed by atoms with Crippen molar-refractivity contribution < 1.29 is 23.8 Å². The maximum atomic E-state index is 12.9. The van der Waals surface area contributed by atoms with Crippen LogP contribution in [-0.2, 0) is 14.3 Å². The van der Waals surface area contributed by atoms with Gasteiger partial charge in [-0.3, -0.25) is 4.79 Å². The average molecular weight is 385 g/mol. The molecule has 1 aliphatic heterocycles. The molecule has 1 saturated carbocycles. The molecular formula is C20H23N3O5. The molecule has 2 aliphatic rings. The highest BCUT2D eigenvalue weighted by atomic mass is 16.6. The maximum Gasteiger partial charge on any atom is 0.345 e. The number of amides is 1. The van der Waals surface area contributed by atoms with E-state index in [1.54, 1.807) is 18.2 Å². The molecule has 3 N–H and O–H groups in total. The number of nitrogens with one attached hydrogen (secondary N) is 1. The molecule has 0 bridgehead atoms. The first-order valence-corrected chi connectivity index (χ1v) is 9.14. The molecule has 0 radical (unpaired) electrons. The third-order valence-corrected chi connectivity index (χ3v) is 5.23. The van der Waals surface area contributed by atoms with Crippen molar-refractivity contribution in [2.75, 3.05) is 14.2 Å². The number of nitrogens with zero attached hydrogens (tertiary/aromatic N) is 1. The quantitative estimate of drug-likeness (QED) is 0.342. The molecule has 28 heavy (non-hydrogen) atoms. The van der Waals surface area contributed by atoms with Gasteiger partial charge in [0.05, 0.1) is 26.2 Å². The summed E-state index contributed by atoms with van der Waals surface area (Å²) >= 11 is 0. The lowest BCUT2D eigenvalue weighted by atomic mass is 9.78. The number of benzene rings is 1. The molecule has 1 heterocycles. The fraction of sp³-hybridized carbons (Fsp3) is 0.450. The number of hydrogen-bond acceptors (Lipinski definition) is 7. The summed E-state index contributed by atoms with van der Waals surface area (Å²) in [4.78, 5) is 25.6. The predicted molar refractivity (Wildman–Crippen MR) is 99.1 cm³/mol. The molecule has 8 heteroatoms. The predicted octanol–water partition coefficient (Wildman–Crippen LogP) is 1.71. The van der Waals surface area contributed by atoms with Crippen LogP contribution >= 0.6 is 0 Å². The molecule has 3 rings (SSSR count). The largest absolute Gasteiger partial charge is 0.493 e. The van der Waals surface area contributed by atoms with Gasteiger partial charge in [-0.15, -0.1) is 0 Å². The zero-order chi connectivity index (χ0) is 20.3. The molecule has 1 amide bonds. The third kappa shape index (κ3) is 3.48. The van der Waals surface area contributed by atoms with E-state index in [0.717, 1.165) is 25.7 Å². The Morgan fingerprint density at radius 3 is 2.68 bits per heavy atom. The highest BCUT2D eigenvalue weighted by Crippen LogP contribution is 2.46. The number of nitriles is 1. The molecule has 2 unspecified atom stereocenters. The molecular weight excluding hydrogens is 362 g/mol. The van der Waals surface area contributed by atoms with Gasteiger partial charge in [-0.05, 0) is 18.9 Å². The second-order valence-electron chi connectivity index (χ2n) is 6.82. The number of carbonyl (C=O) groups excluding carboxylic acids is 2. The SMILES string of the molecule is CO/C(N)=C1/C(=O)Oc2c(OC)cccc2C1C(C#N)C(=O)NC1CCCC1. The van der Waals surface area contributed by atoms with E-state index in [4.69, 9.17) is 19.9 Å². The van der Waals surface area contributed by atoms with Crippen LogP contribution in [0.2, 0.25) is 0 Å². The van der Waals surface area contributed by atoms with Crippen LogP contribution in [0.4, 0.5) is 0 Å². The number of rotatable bonds is 5. The van der Waals surface area contributed by atoms with Gasteiger partial charge in [-0.2, -0.15) is 5.26 Å². The Hall–Kier alpha value is -3.21. The third-order valence-electron chi connectivity index (χ3n) is 5.23. The van der Waals surface area contributed by atoms with Gasteiger partial charge < -0.3 is 25.3 Å². The van der Waals surface area contributed by atoms with E-state index in [9.17, 15) is 14.9 Å². The number of methoxy groups -OCH3 is 2. The number of esters is 1. The first-order chi connectivity index (χ1) is 13.5. The van der Waals surface area contributed by atoms with E-state index in [2.05, 4.69) is 5.32 Å². The van der Waals surface area contributed by atoms with E-state index < -0.39 is 23.7 Å². The van der Waals surface area contributed by atoms with Gasteiger partial charge >= 0.3 is 5.97 Å². The minimum atomic E-state index is -1.18. The van der Waals surface area contributed by atoms with Gasteiger partial charge in [0, 0.05) is 11.6 Å². The van der Waals surface area contributed by atoms with Crippen molar-refractivity contribution in [2.45, 2.75) is 37.6 Å². The maximum absolute atomic E-state index is 12.9. The minimum Gasteiger partial charge on any atom is -0.493 e. The summed E-state index contributed by atoms with van der Waals surface area (Å²) in [5.41, 5.74) is 6.33. The Labute approximate surface area is 163 Å². The topological polar surface area (TPSA) is 124 Å². The number of nitrogens with two attached hydrogens (primary N) is 1. The Morgan fingerprint density at radius 1 is 1.36 bits per heavy atom. The van der Waals surface area contributed by atoms with E-state index in [-0.39, 0.29) is 23.2 Å². The number of para-hydroxylation sites is 1. The fourth-order valence-corrected chi connectivity index (χ4v) is 3.83. The van der Waals surface area contributed by atoms with Gasteiger partial charge in [0.2, 0.25) is 5.91 Å². The first kappa shape index (κ1) is 19.5. The Kier molecular flexibility index (Phi) is 5.73. The lowest BCUT2D eigenvalue weighted by Crippen LogP contribution is -2.42. The van der Waals surface area contributed by atoms with Crippen LogP contribution < -0.4 is 20.5 Å². The summed E-state index contributed by atoms with van der Waals surface area (Å²) in [5, 5.41) is 12.8. The van der Waals surface area contributed by atoms with Crippen molar-refractivity contribution in [1.82, 2.24) is 5.32 Å². The van der Waals surface area contributed by atoms with E-state index >= 15 is 0 Å². The second kappa shape index (κ2) is 8.21. The lowest BCUT2D eigenvalue weighted by molar-refractivity contribution is -0.132. The summed E-state index contributed by atoms with van der Waals surface area (Å²) in [7, 11) is 2.76. The number of hydrogen-bond donors (Lipinski definition) is 2. The summed E-state index contributed by atoms with van der Waals surface area (Å²) in [6, 6.07) is 7.11. The Morgan fingerprint density at radius 2 is 2.07 bits per heavy atom. The second-order valence-corrected chi connectivity index (χ2v) is 6.82. The zero-order valence-electron chi connectivity index (χ0n) is 15.9. The summed E-state index contributed by atoms with van der Waals surface area (Å²) in [6.45, 7) is 0. The Balaban J connectivity index is 2.08. The Bertz CT molecular complexity index is 852. The monoisotopic (exact) mass is 385 g/mol. The van der Waals surface area contributed by atoms with Crippen molar-refractivity contribution in [3.05, 3.63) is 35.2 Å². The minimum absolute atomic E-state index is 0.0378. The van der Waals surface area contributed by atoms with Crippen molar-refractivity contribution in [2.24, 2.45) is 11.7 Å². The molecule has 1 aliphatic carbocycles. The first-order valence-electron chi connectivity index (χ1n) is 9.14. The summed E-state index contributed by atoms with van der Waals surface area (Å²) in [5.74, 6) is -2.99. The molecule has 1 aromatic rings. The van der Waals surface area contributed by atoms with Crippen LogP contribution in [0, 0.1) is 17.2 Å². The molecule has 0 saturated heterocycles. The average Bonchev–Trinajstić information content (AvgIpc) is 3.20. The van der Waals surface area contributed by atoms with Gasteiger partial charge in [0.15, 0.2) is 17.4 Å². The van der Waals surface area contributed by atoms with E-state index in [1.807, 2.05) is 6.07 Å². The van der Waals surface area contributed by atoms with Crippen LogP contribution in [0.25, 0.3) is 0 Å². The molecule has 8 nitrogen and oxygen atoms in total. The van der Waals surface area contributed by atoms with Crippen molar-refractivity contribution in [3.8, 4) is 17.6 Å². The van der Waals surface area contributed by atoms with Crippen molar-refractivity contribution in [3.63, 3.8) is 0 Å². The fourth-order valence-electron chi connectivity index (χ4n) is 3.83. The van der Waals surface area contributed by atoms with E-state index in [1.165, 1.54) is 14.2 Å². The van der Waals surface area contributed by atoms with Crippen LogP contribution in [0.5, 0.6) is 11.5 Å². The van der Waals surface area contributed by atoms with Gasteiger partial charge in [-0.25, -0.2) is 4.79 Å². The van der Waals surface area contributed by atoms with Gasteiger partial charge in [0.1, 0.15) is 11.5 Å².